The average Bonchev–Trinajstić information content (AvgIpc) is 3.34. The number of amides is 2. The van der Waals surface area contributed by atoms with Crippen molar-refractivity contribution in [2.75, 3.05) is 5.32 Å². The highest BCUT2D eigenvalue weighted by Gasteiger charge is 2.19. The second kappa shape index (κ2) is 8.00. The SMILES string of the molecule is CCn1cc(NC(=O)Cn2cc(Br)cn2)c(C(=O)NCc2ccco2)n1. The quantitative estimate of drug-likeness (QED) is 0.607. The normalized spacial score (nSPS) is 10.7. The molecule has 0 bridgehead atoms. The molecule has 3 rings (SSSR count). The highest BCUT2D eigenvalue weighted by molar-refractivity contribution is 9.10. The van der Waals surface area contributed by atoms with E-state index >= 15 is 0 Å². The number of halogens is 1. The molecule has 0 unspecified atom stereocenters. The number of carbonyl (C=O) groups is 2. The highest BCUT2D eigenvalue weighted by atomic mass is 79.9. The van der Waals surface area contributed by atoms with Crippen molar-refractivity contribution in [2.24, 2.45) is 0 Å². The Morgan fingerprint density at radius 2 is 2.15 bits per heavy atom. The molecule has 0 fully saturated rings. The van der Waals surface area contributed by atoms with Crippen molar-refractivity contribution in [1.82, 2.24) is 24.9 Å². The second-order valence-corrected chi connectivity index (χ2v) is 6.33. The Kier molecular flexibility index (Phi) is 5.52. The van der Waals surface area contributed by atoms with Crippen LogP contribution in [0, 0.1) is 0 Å². The van der Waals surface area contributed by atoms with Crippen LogP contribution in [-0.2, 0) is 24.4 Å². The van der Waals surface area contributed by atoms with Crippen molar-refractivity contribution in [1.29, 1.82) is 0 Å². The van der Waals surface area contributed by atoms with E-state index in [1.807, 2.05) is 6.92 Å². The van der Waals surface area contributed by atoms with E-state index < -0.39 is 5.91 Å². The van der Waals surface area contributed by atoms with Gasteiger partial charge in [-0.25, -0.2) is 0 Å². The first-order valence-corrected chi connectivity index (χ1v) is 8.70. The van der Waals surface area contributed by atoms with Gasteiger partial charge in [0.25, 0.3) is 5.91 Å². The van der Waals surface area contributed by atoms with Gasteiger partial charge in [0, 0.05) is 18.9 Å². The Morgan fingerprint density at radius 3 is 2.81 bits per heavy atom. The zero-order chi connectivity index (χ0) is 18.5. The smallest absolute Gasteiger partial charge is 0.274 e. The summed E-state index contributed by atoms with van der Waals surface area (Å²) in [6.07, 6.45) is 6.44. The summed E-state index contributed by atoms with van der Waals surface area (Å²) in [7, 11) is 0. The molecule has 0 atom stereocenters. The van der Waals surface area contributed by atoms with E-state index in [0.717, 1.165) is 4.47 Å². The average molecular weight is 421 g/mol. The summed E-state index contributed by atoms with van der Waals surface area (Å²) in [6, 6.07) is 3.50. The molecule has 0 aliphatic heterocycles. The van der Waals surface area contributed by atoms with Crippen molar-refractivity contribution in [3.8, 4) is 0 Å². The van der Waals surface area contributed by atoms with E-state index in [4.69, 9.17) is 4.42 Å². The molecule has 2 amide bonds. The van der Waals surface area contributed by atoms with Crippen molar-refractivity contribution in [3.05, 3.63) is 52.9 Å². The zero-order valence-corrected chi connectivity index (χ0v) is 15.6. The van der Waals surface area contributed by atoms with Crippen molar-refractivity contribution < 1.29 is 14.0 Å². The Hall–Kier alpha value is -2.88. The molecule has 0 aliphatic rings. The first-order valence-electron chi connectivity index (χ1n) is 7.91. The van der Waals surface area contributed by atoms with Crippen LogP contribution in [0.1, 0.15) is 23.2 Å². The van der Waals surface area contributed by atoms with Gasteiger partial charge in [-0.15, -0.1) is 0 Å². The highest BCUT2D eigenvalue weighted by Crippen LogP contribution is 2.15. The monoisotopic (exact) mass is 420 g/mol. The van der Waals surface area contributed by atoms with Crippen molar-refractivity contribution in [3.63, 3.8) is 0 Å². The van der Waals surface area contributed by atoms with Gasteiger partial charge >= 0.3 is 0 Å². The number of furan rings is 1. The molecule has 0 aliphatic carbocycles. The number of aryl methyl sites for hydroxylation is 1. The molecule has 136 valence electrons. The van der Waals surface area contributed by atoms with Gasteiger partial charge in [0.2, 0.25) is 5.91 Å². The number of aromatic nitrogens is 4. The summed E-state index contributed by atoms with van der Waals surface area (Å²) in [5.74, 6) is -0.0785. The van der Waals surface area contributed by atoms with Gasteiger partial charge in [-0.3, -0.25) is 19.0 Å². The fraction of sp³-hybridized carbons (Fsp3) is 0.250. The molecule has 26 heavy (non-hydrogen) atoms. The van der Waals surface area contributed by atoms with E-state index in [2.05, 4.69) is 36.8 Å². The van der Waals surface area contributed by atoms with Gasteiger partial charge in [0.05, 0.1) is 29.2 Å². The van der Waals surface area contributed by atoms with Crippen molar-refractivity contribution >= 4 is 33.4 Å². The maximum absolute atomic E-state index is 12.4. The lowest BCUT2D eigenvalue weighted by Crippen LogP contribution is -2.25. The Bertz CT molecular complexity index is 899. The molecule has 10 heteroatoms. The molecule has 3 heterocycles. The second-order valence-electron chi connectivity index (χ2n) is 5.41. The van der Waals surface area contributed by atoms with E-state index in [1.54, 1.807) is 35.4 Å². The fourth-order valence-electron chi connectivity index (χ4n) is 2.27. The first kappa shape index (κ1) is 17.9. The molecule has 0 saturated heterocycles. The van der Waals surface area contributed by atoms with Gasteiger partial charge in [-0.1, -0.05) is 0 Å². The van der Waals surface area contributed by atoms with Crippen LogP contribution in [0.5, 0.6) is 0 Å². The maximum Gasteiger partial charge on any atom is 0.274 e. The first-order chi connectivity index (χ1) is 12.5. The van der Waals surface area contributed by atoms with Gasteiger partial charge < -0.3 is 15.1 Å². The van der Waals surface area contributed by atoms with Crippen LogP contribution in [0.2, 0.25) is 0 Å². The van der Waals surface area contributed by atoms with Crippen LogP contribution in [0.3, 0.4) is 0 Å². The topological polar surface area (TPSA) is 107 Å². The van der Waals surface area contributed by atoms with Gasteiger partial charge in [0.15, 0.2) is 5.69 Å². The molecule has 0 saturated carbocycles. The van der Waals surface area contributed by atoms with Crippen molar-refractivity contribution in [2.45, 2.75) is 26.6 Å². The minimum absolute atomic E-state index is 0.0242. The molecular weight excluding hydrogens is 404 g/mol. The molecule has 3 aromatic heterocycles. The molecule has 9 nitrogen and oxygen atoms in total. The van der Waals surface area contributed by atoms with Gasteiger partial charge in [-0.2, -0.15) is 10.2 Å². The number of carbonyl (C=O) groups excluding carboxylic acids is 2. The number of nitrogens with zero attached hydrogens (tertiary/aromatic N) is 4. The lowest BCUT2D eigenvalue weighted by atomic mass is 10.3. The lowest BCUT2D eigenvalue weighted by molar-refractivity contribution is -0.116. The zero-order valence-electron chi connectivity index (χ0n) is 14.0. The Labute approximate surface area is 157 Å². The number of hydrogen-bond acceptors (Lipinski definition) is 5. The third-order valence-electron chi connectivity index (χ3n) is 3.49. The minimum atomic E-state index is -0.397. The molecule has 3 aromatic rings. The molecule has 0 aromatic carbocycles. The van der Waals surface area contributed by atoms with Crippen LogP contribution in [-0.4, -0.2) is 31.4 Å². The predicted octanol–water partition coefficient (Wildman–Crippen LogP) is 2.02. The van der Waals surface area contributed by atoms with E-state index in [9.17, 15) is 9.59 Å². The summed E-state index contributed by atoms with van der Waals surface area (Å²) in [5, 5.41) is 13.7. The predicted molar refractivity (Wildman–Crippen MR) is 96.3 cm³/mol. The van der Waals surface area contributed by atoms with E-state index in [-0.39, 0.29) is 24.7 Å². The summed E-state index contributed by atoms with van der Waals surface area (Å²) in [6.45, 7) is 2.72. The maximum atomic E-state index is 12.4. The summed E-state index contributed by atoms with van der Waals surface area (Å²) in [4.78, 5) is 24.7. The van der Waals surface area contributed by atoms with Gasteiger partial charge in [-0.05, 0) is 35.0 Å². The standard InChI is InChI=1S/C16H17BrN6O3/c1-2-22-9-13(20-14(24)10-23-8-11(17)6-19-23)15(21-22)16(25)18-7-12-4-3-5-26-12/h3-6,8-9H,2,7,10H2,1H3,(H,18,25)(H,20,24). The largest absolute Gasteiger partial charge is 0.467 e. The summed E-state index contributed by atoms with van der Waals surface area (Å²) in [5.41, 5.74) is 0.494. The van der Waals surface area contributed by atoms with Crippen LogP contribution in [0.15, 0.2) is 45.9 Å². The third kappa shape index (κ3) is 4.39. The lowest BCUT2D eigenvalue weighted by Gasteiger charge is -2.06. The molecule has 0 radical (unpaired) electrons. The van der Waals surface area contributed by atoms with E-state index in [1.165, 1.54) is 10.9 Å². The molecular formula is C16H17BrN6O3. The Morgan fingerprint density at radius 1 is 1.31 bits per heavy atom. The summed E-state index contributed by atoms with van der Waals surface area (Å²) >= 11 is 3.28. The fourth-order valence-corrected chi connectivity index (χ4v) is 2.60. The molecule has 0 spiro atoms. The Balaban J connectivity index is 1.68. The van der Waals surface area contributed by atoms with Crippen LogP contribution in [0.25, 0.3) is 0 Å². The van der Waals surface area contributed by atoms with Crippen LogP contribution in [0.4, 0.5) is 5.69 Å². The van der Waals surface area contributed by atoms with E-state index in [0.29, 0.717) is 18.0 Å². The third-order valence-corrected chi connectivity index (χ3v) is 3.89. The number of anilines is 1. The van der Waals surface area contributed by atoms with Crippen LogP contribution >= 0.6 is 15.9 Å². The number of nitrogens with one attached hydrogen (secondary N) is 2. The van der Waals surface area contributed by atoms with Crippen LogP contribution < -0.4 is 10.6 Å². The minimum Gasteiger partial charge on any atom is -0.467 e. The number of rotatable bonds is 7. The number of hydrogen-bond donors (Lipinski definition) is 2. The summed E-state index contributed by atoms with van der Waals surface area (Å²) < 4.78 is 9.04. The molecule has 2 N–H and O–H groups in total. The van der Waals surface area contributed by atoms with Gasteiger partial charge in [0.1, 0.15) is 12.3 Å².